The van der Waals surface area contributed by atoms with Gasteiger partial charge in [0.25, 0.3) is 0 Å². The maximum absolute atomic E-state index is 12.9. The molecule has 0 spiro atoms. The van der Waals surface area contributed by atoms with Crippen LogP contribution in [0.25, 0.3) is 0 Å². The Morgan fingerprint density at radius 2 is 0.494 bits per heavy atom. The van der Waals surface area contributed by atoms with Crippen molar-refractivity contribution in [2.75, 3.05) is 13.2 Å². The molecule has 0 aromatic heterocycles. The second-order valence-corrected chi connectivity index (χ2v) is 23.8. The zero-order chi connectivity index (χ0) is 57.1. The highest BCUT2D eigenvalue weighted by molar-refractivity contribution is 5.71. The van der Waals surface area contributed by atoms with Crippen LogP contribution >= 0.6 is 0 Å². The molecular formula is C73H134O6. The lowest BCUT2D eigenvalue weighted by Gasteiger charge is -2.18. The monoisotopic (exact) mass is 1110 g/mol. The van der Waals surface area contributed by atoms with E-state index in [0.717, 1.165) is 96.3 Å². The summed E-state index contributed by atoms with van der Waals surface area (Å²) < 4.78 is 16.9. The van der Waals surface area contributed by atoms with E-state index in [2.05, 4.69) is 69.4 Å². The zero-order valence-corrected chi connectivity index (χ0v) is 53.2. The van der Waals surface area contributed by atoms with Crippen molar-refractivity contribution in [3.63, 3.8) is 0 Å². The Morgan fingerprint density at radius 1 is 0.266 bits per heavy atom. The van der Waals surface area contributed by atoms with Gasteiger partial charge in [0.05, 0.1) is 0 Å². The first-order chi connectivity index (χ1) is 39.0. The minimum absolute atomic E-state index is 0.0787. The van der Waals surface area contributed by atoms with Gasteiger partial charge in [-0.05, 0) is 57.8 Å². The van der Waals surface area contributed by atoms with Gasteiger partial charge in [-0.2, -0.15) is 0 Å². The van der Waals surface area contributed by atoms with Crippen LogP contribution in [-0.4, -0.2) is 37.2 Å². The summed E-state index contributed by atoms with van der Waals surface area (Å²) in [4.78, 5) is 38.2. The van der Waals surface area contributed by atoms with Gasteiger partial charge in [0, 0.05) is 19.3 Å². The van der Waals surface area contributed by atoms with Crippen LogP contribution in [0.5, 0.6) is 0 Å². The molecule has 0 bridgehead atoms. The lowest BCUT2D eigenvalue weighted by molar-refractivity contribution is -0.167. The van der Waals surface area contributed by atoms with Crippen LogP contribution in [-0.2, 0) is 28.6 Å². The van der Waals surface area contributed by atoms with E-state index < -0.39 is 6.10 Å². The highest BCUT2D eigenvalue weighted by atomic mass is 16.6. The molecule has 0 saturated heterocycles. The molecule has 0 aromatic rings. The molecule has 462 valence electrons. The van der Waals surface area contributed by atoms with Crippen molar-refractivity contribution in [3.8, 4) is 0 Å². The maximum Gasteiger partial charge on any atom is 0.306 e. The molecule has 0 heterocycles. The summed E-state index contributed by atoms with van der Waals surface area (Å²) >= 11 is 0. The van der Waals surface area contributed by atoms with Crippen LogP contribution in [0.4, 0.5) is 0 Å². The summed E-state index contributed by atoms with van der Waals surface area (Å²) in [6.07, 6.45) is 86.0. The lowest BCUT2D eigenvalue weighted by atomic mass is 10.0. The van der Waals surface area contributed by atoms with Crippen molar-refractivity contribution in [3.05, 3.63) is 48.6 Å². The highest BCUT2D eigenvalue weighted by Crippen LogP contribution is 2.19. The molecule has 6 heteroatoms. The number of carbonyl (C=O) groups is 3. The molecule has 0 aromatic carbocycles. The second kappa shape index (κ2) is 67.9. The maximum atomic E-state index is 12.9. The van der Waals surface area contributed by atoms with Gasteiger partial charge in [-0.25, -0.2) is 0 Å². The molecule has 0 amide bonds. The summed E-state index contributed by atoms with van der Waals surface area (Å²) in [5.74, 6) is -0.883. The van der Waals surface area contributed by atoms with Crippen LogP contribution in [0, 0.1) is 0 Å². The van der Waals surface area contributed by atoms with Gasteiger partial charge in [-0.15, -0.1) is 0 Å². The second-order valence-electron chi connectivity index (χ2n) is 23.8. The number of hydrogen-bond acceptors (Lipinski definition) is 6. The molecule has 79 heavy (non-hydrogen) atoms. The first kappa shape index (κ1) is 76.4. The molecule has 0 radical (unpaired) electrons. The summed E-state index contributed by atoms with van der Waals surface area (Å²) in [5.41, 5.74) is 0. The van der Waals surface area contributed by atoms with E-state index >= 15 is 0 Å². The third-order valence-electron chi connectivity index (χ3n) is 15.8. The molecular weight excluding hydrogens is 973 g/mol. The Labute approximate surface area is 492 Å². The Kier molecular flexibility index (Phi) is 65.6. The van der Waals surface area contributed by atoms with E-state index in [1.807, 2.05) is 0 Å². The van der Waals surface area contributed by atoms with Crippen LogP contribution in [0.15, 0.2) is 48.6 Å². The van der Waals surface area contributed by atoms with Crippen LogP contribution in [0.2, 0.25) is 0 Å². The van der Waals surface area contributed by atoms with Crippen molar-refractivity contribution in [2.45, 2.75) is 386 Å². The van der Waals surface area contributed by atoms with E-state index in [-0.39, 0.29) is 31.1 Å². The molecule has 1 unspecified atom stereocenters. The number of carbonyl (C=O) groups excluding carboxylic acids is 3. The van der Waals surface area contributed by atoms with Crippen molar-refractivity contribution >= 4 is 17.9 Å². The van der Waals surface area contributed by atoms with Crippen molar-refractivity contribution in [2.24, 2.45) is 0 Å². The summed E-state index contributed by atoms with van der Waals surface area (Å²) in [6, 6.07) is 0. The normalized spacial score (nSPS) is 12.3. The van der Waals surface area contributed by atoms with Gasteiger partial charge in [0.15, 0.2) is 6.10 Å². The predicted molar refractivity (Wildman–Crippen MR) is 344 cm³/mol. The molecule has 0 saturated carbocycles. The van der Waals surface area contributed by atoms with Gasteiger partial charge >= 0.3 is 17.9 Å². The van der Waals surface area contributed by atoms with Gasteiger partial charge in [0.2, 0.25) is 0 Å². The van der Waals surface area contributed by atoms with Gasteiger partial charge < -0.3 is 14.2 Å². The largest absolute Gasteiger partial charge is 0.462 e. The molecule has 1 atom stereocenters. The SMILES string of the molecule is CC/C=C\C/C=C\C/C=C\C/C=C\CCCCCCC(=O)OC(COC(=O)CCCCCCCCCCCC)COC(=O)CCCCCCCCCCCCCCCCCCCCCCCCCCCCCCCCCCCC. The Balaban J connectivity index is 4.03. The first-order valence-electron chi connectivity index (χ1n) is 35.1. The van der Waals surface area contributed by atoms with Gasteiger partial charge in [0.1, 0.15) is 13.2 Å². The van der Waals surface area contributed by atoms with E-state index in [4.69, 9.17) is 14.2 Å². The molecule has 0 rings (SSSR count). The smallest absolute Gasteiger partial charge is 0.306 e. The molecule has 0 fully saturated rings. The fourth-order valence-electron chi connectivity index (χ4n) is 10.6. The number of allylic oxidation sites excluding steroid dienone is 8. The predicted octanol–water partition coefficient (Wildman–Crippen LogP) is 24.1. The van der Waals surface area contributed by atoms with Crippen LogP contribution in [0.1, 0.15) is 380 Å². The van der Waals surface area contributed by atoms with Crippen molar-refractivity contribution in [1.82, 2.24) is 0 Å². The van der Waals surface area contributed by atoms with E-state index in [1.165, 1.54) is 244 Å². The Bertz CT molecular complexity index is 1360. The molecule has 0 N–H and O–H groups in total. The molecule has 0 aliphatic carbocycles. The summed E-state index contributed by atoms with van der Waals surface area (Å²) in [5, 5.41) is 0. The number of esters is 3. The van der Waals surface area contributed by atoms with E-state index in [9.17, 15) is 14.4 Å². The van der Waals surface area contributed by atoms with Gasteiger partial charge in [-0.1, -0.05) is 352 Å². The summed E-state index contributed by atoms with van der Waals surface area (Å²) in [7, 11) is 0. The number of hydrogen-bond donors (Lipinski definition) is 0. The van der Waals surface area contributed by atoms with Crippen molar-refractivity contribution < 1.29 is 28.6 Å². The first-order valence-corrected chi connectivity index (χ1v) is 35.1. The summed E-state index contributed by atoms with van der Waals surface area (Å²) in [6.45, 7) is 6.55. The Morgan fingerprint density at radius 3 is 0.772 bits per heavy atom. The highest BCUT2D eigenvalue weighted by Gasteiger charge is 2.19. The van der Waals surface area contributed by atoms with Crippen LogP contribution in [0.3, 0.4) is 0 Å². The molecule has 6 nitrogen and oxygen atoms in total. The third-order valence-corrected chi connectivity index (χ3v) is 15.8. The average molecular weight is 1110 g/mol. The molecule has 0 aliphatic rings. The number of ether oxygens (including phenoxy) is 3. The van der Waals surface area contributed by atoms with E-state index in [0.29, 0.717) is 19.3 Å². The third kappa shape index (κ3) is 66.1. The van der Waals surface area contributed by atoms with Crippen molar-refractivity contribution in [1.29, 1.82) is 0 Å². The zero-order valence-electron chi connectivity index (χ0n) is 53.2. The fraction of sp³-hybridized carbons (Fsp3) is 0.849. The number of unbranched alkanes of at least 4 members (excludes halogenated alkanes) is 46. The lowest BCUT2D eigenvalue weighted by Crippen LogP contribution is -2.30. The minimum atomic E-state index is -0.783. The van der Waals surface area contributed by atoms with E-state index in [1.54, 1.807) is 0 Å². The van der Waals surface area contributed by atoms with Crippen LogP contribution < -0.4 is 0 Å². The quantitative estimate of drug-likeness (QED) is 0.0261. The Hall–Kier alpha value is -2.63. The standard InChI is InChI=1S/C73H134O6/c1-4-7-10-13-16-19-22-24-26-28-29-30-31-32-33-34-35-36-37-38-39-40-41-42-43-44-46-47-49-51-54-57-60-63-66-72(75)78-69-70(68-77-71(74)65-62-59-56-53-21-18-15-12-9-6-3)79-73(76)67-64-61-58-55-52-50-48-45-27-25-23-20-17-14-11-8-5-2/h8,11,17,20,25,27,48,50,70H,4-7,9-10,12-16,18-19,21-24,26,28-47,49,51-69H2,1-3H3/b11-8-,20-17-,27-25-,50-48-. The topological polar surface area (TPSA) is 78.9 Å². The number of rotatable bonds is 65. The molecule has 0 aliphatic heterocycles. The van der Waals surface area contributed by atoms with Gasteiger partial charge in [-0.3, -0.25) is 14.4 Å². The fourth-order valence-corrected chi connectivity index (χ4v) is 10.6. The minimum Gasteiger partial charge on any atom is -0.462 e. The average Bonchev–Trinajstić information content (AvgIpc) is 3.45.